The van der Waals surface area contributed by atoms with E-state index in [1.807, 2.05) is 18.2 Å². The first-order valence-corrected chi connectivity index (χ1v) is 3.72. The van der Waals surface area contributed by atoms with Gasteiger partial charge in [0.25, 0.3) is 0 Å². The Morgan fingerprint density at radius 3 is 2.33 bits per heavy atom. The van der Waals surface area contributed by atoms with Crippen LogP contribution < -0.4 is 0 Å². The van der Waals surface area contributed by atoms with Crippen LogP contribution in [-0.2, 0) is 6.42 Å². The fourth-order valence-corrected chi connectivity index (χ4v) is 0.839. The van der Waals surface area contributed by atoms with Crippen molar-refractivity contribution in [3.8, 4) is 5.75 Å². The van der Waals surface area contributed by atoms with Crippen LogP contribution in [0.2, 0.25) is 0 Å². The molecule has 0 atom stereocenters. The summed E-state index contributed by atoms with van der Waals surface area (Å²) in [4.78, 5) is 0. The number of benzene rings is 1. The smallest absolute Gasteiger partial charge is 0.119 e. The fraction of sp³-hybridized carbons (Fsp3) is 0.0909. The van der Waals surface area contributed by atoms with Crippen LogP contribution >= 0.6 is 0 Å². The number of hydrogen-bond acceptors (Lipinski definition) is 1. The molecular formula is C11H14O. The molecule has 0 fully saturated rings. The maximum Gasteiger partial charge on any atom is 0.119 e. The lowest BCUT2D eigenvalue weighted by Crippen LogP contribution is -1.79. The second-order valence-electron chi connectivity index (χ2n) is 2.12. The predicted octanol–water partition coefficient (Wildman–Crippen LogP) is 2.92. The standard InChI is InChI=1S/C9H10O.C2H4/c1-2-5-8-6-3-4-7-9(8)10;1-2/h2-4,6-7,10H,1,5H2;1-2H2. The van der Waals surface area contributed by atoms with Crippen molar-refractivity contribution >= 4 is 0 Å². The van der Waals surface area contributed by atoms with Crippen LogP contribution in [0, 0.1) is 0 Å². The van der Waals surface area contributed by atoms with Crippen molar-refractivity contribution in [1.82, 2.24) is 0 Å². The van der Waals surface area contributed by atoms with Gasteiger partial charge in [-0.3, -0.25) is 0 Å². The Hall–Kier alpha value is -1.50. The Morgan fingerprint density at radius 1 is 1.25 bits per heavy atom. The molecule has 1 nitrogen and oxygen atoms in total. The highest BCUT2D eigenvalue weighted by molar-refractivity contribution is 5.32. The van der Waals surface area contributed by atoms with Crippen LogP contribution in [0.15, 0.2) is 50.1 Å². The fourth-order valence-electron chi connectivity index (χ4n) is 0.839. The molecule has 0 amide bonds. The molecule has 1 aromatic carbocycles. The van der Waals surface area contributed by atoms with Crippen molar-refractivity contribution in [3.63, 3.8) is 0 Å². The van der Waals surface area contributed by atoms with E-state index in [2.05, 4.69) is 19.7 Å². The maximum absolute atomic E-state index is 9.19. The molecule has 0 aliphatic heterocycles. The molecule has 0 aromatic heterocycles. The summed E-state index contributed by atoms with van der Waals surface area (Å²) < 4.78 is 0. The number of phenols is 1. The van der Waals surface area contributed by atoms with Gasteiger partial charge in [0, 0.05) is 0 Å². The Balaban J connectivity index is 0.000000561. The number of para-hydroxylation sites is 1. The minimum absolute atomic E-state index is 0.349. The first kappa shape index (κ1) is 10.5. The Labute approximate surface area is 73.7 Å². The molecule has 0 spiro atoms. The zero-order chi connectivity index (χ0) is 9.40. The van der Waals surface area contributed by atoms with E-state index in [-0.39, 0.29) is 0 Å². The van der Waals surface area contributed by atoms with Gasteiger partial charge in [0.15, 0.2) is 0 Å². The molecule has 0 aliphatic rings. The van der Waals surface area contributed by atoms with Crippen LogP contribution in [0.25, 0.3) is 0 Å². The van der Waals surface area contributed by atoms with Crippen molar-refractivity contribution in [2.75, 3.05) is 0 Å². The summed E-state index contributed by atoms with van der Waals surface area (Å²) in [5.41, 5.74) is 0.928. The van der Waals surface area contributed by atoms with Gasteiger partial charge in [-0.1, -0.05) is 24.3 Å². The van der Waals surface area contributed by atoms with E-state index in [1.165, 1.54) is 0 Å². The lowest BCUT2D eigenvalue weighted by molar-refractivity contribution is 0.470. The number of hydrogen-bond donors (Lipinski definition) is 1. The first-order chi connectivity index (χ1) is 5.84. The lowest BCUT2D eigenvalue weighted by atomic mass is 10.1. The van der Waals surface area contributed by atoms with Gasteiger partial charge in [-0.25, -0.2) is 0 Å². The predicted molar refractivity (Wildman–Crippen MR) is 53.3 cm³/mol. The summed E-state index contributed by atoms with van der Waals surface area (Å²) in [6.45, 7) is 9.59. The summed E-state index contributed by atoms with van der Waals surface area (Å²) in [5.74, 6) is 0.349. The summed E-state index contributed by atoms with van der Waals surface area (Å²) in [5, 5.41) is 9.19. The van der Waals surface area contributed by atoms with Gasteiger partial charge in [-0.15, -0.1) is 19.7 Å². The van der Waals surface area contributed by atoms with Gasteiger partial charge in [0.1, 0.15) is 5.75 Å². The van der Waals surface area contributed by atoms with Crippen molar-refractivity contribution in [2.24, 2.45) is 0 Å². The van der Waals surface area contributed by atoms with Gasteiger partial charge in [-0.2, -0.15) is 0 Å². The molecule has 1 aromatic rings. The molecule has 0 bridgehead atoms. The van der Waals surface area contributed by atoms with E-state index in [0.29, 0.717) is 5.75 Å². The van der Waals surface area contributed by atoms with Crippen LogP contribution in [-0.4, -0.2) is 5.11 Å². The molecule has 0 saturated heterocycles. The molecule has 0 saturated carbocycles. The van der Waals surface area contributed by atoms with Gasteiger partial charge in [-0.05, 0) is 18.1 Å². The van der Waals surface area contributed by atoms with Gasteiger partial charge in [0.2, 0.25) is 0 Å². The van der Waals surface area contributed by atoms with Crippen molar-refractivity contribution in [3.05, 3.63) is 55.6 Å². The SMILES string of the molecule is C=C.C=CCc1ccccc1O. The molecule has 0 unspecified atom stereocenters. The summed E-state index contributed by atoms with van der Waals surface area (Å²) >= 11 is 0. The topological polar surface area (TPSA) is 20.2 Å². The average Bonchev–Trinajstić information content (AvgIpc) is 2.13. The molecule has 0 radical (unpaired) electrons. The zero-order valence-corrected chi connectivity index (χ0v) is 7.16. The van der Waals surface area contributed by atoms with E-state index in [0.717, 1.165) is 12.0 Å². The normalized spacial score (nSPS) is 8.00. The quantitative estimate of drug-likeness (QED) is 0.663. The monoisotopic (exact) mass is 162 g/mol. The Kier molecular flexibility index (Phi) is 5.45. The van der Waals surface area contributed by atoms with Crippen LogP contribution in [0.4, 0.5) is 0 Å². The first-order valence-electron chi connectivity index (χ1n) is 3.72. The maximum atomic E-state index is 9.19. The van der Waals surface area contributed by atoms with Crippen LogP contribution in [0.1, 0.15) is 5.56 Å². The molecular weight excluding hydrogens is 148 g/mol. The second kappa shape index (κ2) is 6.23. The molecule has 64 valence electrons. The van der Waals surface area contributed by atoms with Gasteiger partial charge in [0.05, 0.1) is 0 Å². The summed E-state index contributed by atoms with van der Waals surface area (Å²) in [6, 6.07) is 7.27. The third-order valence-electron chi connectivity index (χ3n) is 1.36. The largest absolute Gasteiger partial charge is 0.508 e. The van der Waals surface area contributed by atoms with E-state index < -0.39 is 0 Å². The zero-order valence-electron chi connectivity index (χ0n) is 7.16. The summed E-state index contributed by atoms with van der Waals surface area (Å²) in [7, 11) is 0. The van der Waals surface area contributed by atoms with E-state index in [9.17, 15) is 5.11 Å². The third-order valence-corrected chi connectivity index (χ3v) is 1.36. The second-order valence-corrected chi connectivity index (χ2v) is 2.12. The van der Waals surface area contributed by atoms with Gasteiger partial charge < -0.3 is 5.11 Å². The molecule has 0 heterocycles. The summed E-state index contributed by atoms with van der Waals surface area (Å²) in [6.07, 6.45) is 2.50. The molecule has 1 N–H and O–H groups in total. The van der Waals surface area contributed by atoms with Crippen molar-refractivity contribution in [2.45, 2.75) is 6.42 Å². The number of aromatic hydroxyl groups is 1. The molecule has 12 heavy (non-hydrogen) atoms. The number of allylic oxidation sites excluding steroid dienone is 1. The highest BCUT2D eigenvalue weighted by Crippen LogP contribution is 2.15. The number of phenolic OH excluding ortho intramolecular Hbond substituents is 1. The third kappa shape index (κ3) is 3.06. The highest BCUT2D eigenvalue weighted by Gasteiger charge is 1.93. The van der Waals surface area contributed by atoms with E-state index in [4.69, 9.17) is 0 Å². The van der Waals surface area contributed by atoms with Crippen molar-refractivity contribution < 1.29 is 5.11 Å². The molecule has 1 rings (SSSR count). The average molecular weight is 162 g/mol. The molecule has 0 aliphatic carbocycles. The highest BCUT2D eigenvalue weighted by atomic mass is 16.3. The van der Waals surface area contributed by atoms with E-state index in [1.54, 1.807) is 12.1 Å². The van der Waals surface area contributed by atoms with Crippen LogP contribution in [0.3, 0.4) is 0 Å². The van der Waals surface area contributed by atoms with Gasteiger partial charge >= 0.3 is 0 Å². The number of rotatable bonds is 2. The van der Waals surface area contributed by atoms with E-state index >= 15 is 0 Å². The minimum Gasteiger partial charge on any atom is -0.508 e. The minimum atomic E-state index is 0.349. The Bertz CT molecular complexity index is 241. The van der Waals surface area contributed by atoms with Crippen LogP contribution in [0.5, 0.6) is 5.75 Å². The molecule has 1 heteroatoms. The lowest BCUT2D eigenvalue weighted by Gasteiger charge is -1.97. The Morgan fingerprint density at radius 2 is 1.83 bits per heavy atom. The van der Waals surface area contributed by atoms with Crippen molar-refractivity contribution in [1.29, 1.82) is 0 Å².